The van der Waals surface area contributed by atoms with E-state index in [1.165, 1.54) is 21.8 Å². The molecule has 0 aliphatic rings. The molecule has 7 aromatic carbocycles. The number of para-hydroxylation sites is 3. The molecule has 0 aliphatic carbocycles. The smallest absolute Gasteiger partial charge is 0.164 e. The van der Waals surface area contributed by atoms with Crippen molar-refractivity contribution in [2.24, 2.45) is 0 Å². The number of fused-ring (bicyclic) bond motifs is 6. The molecule has 0 aliphatic heterocycles. The van der Waals surface area contributed by atoms with Crippen molar-refractivity contribution in [3.05, 3.63) is 176 Å². The van der Waals surface area contributed by atoms with Gasteiger partial charge in [-0.15, -0.1) is 0 Å². The molecule has 0 unspecified atom stereocenters. The van der Waals surface area contributed by atoms with Gasteiger partial charge < -0.3 is 8.98 Å². The zero-order valence-corrected chi connectivity index (χ0v) is 27.0. The predicted octanol–water partition coefficient (Wildman–Crippen LogP) is 12.1. The summed E-state index contributed by atoms with van der Waals surface area (Å²) in [7, 11) is 0. The third-order valence-electron chi connectivity index (χ3n) is 9.63. The van der Waals surface area contributed by atoms with E-state index >= 15 is 0 Å². The SMILES string of the molecule is c1ccc(-c2cc(-c3ccccc3)nc(-c3cccc4c3oc3cccc(-c5ccc6c7ccccc7n(-c7ccccc7)c6c5)c34)n2)cc1. The first-order valence-electron chi connectivity index (χ1n) is 16.8. The van der Waals surface area contributed by atoms with Crippen molar-refractivity contribution >= 4 is 43.7 Å². The molecule has 0 saturated heterocycles. The largest absolute Gasteiger partial charge is 0.455 e. The number of hydrogen-bond donors (Lipinski definition) is 0. The molecular weight excluding hydrogens is 611 g/mol. The summed E-state index contributed by atoms with van der Waals surface area (Å²) in [5.74, 6) is 0.630. The van der Waals surface area contributed by atoms with Gasteiger partial charge >= 0.3 is 0 Å². The number of nitrogens with zero attached hydrogens (tertiary/aromatic N) is 3. The summed E-state index contributed by atoms with van der Waals surface area (Å²) in [4.78, 5) is 10.2. The second kappa shape index (κ2) is 11.4. The maximum absolute atomic E-state index is 6.73. The maximum Gasteiger partial charge on any atom is 0.164 e. The lowest BCUT2D eigenvalue weighted by Gasteiger charge is -2.10. The molecule has 10 aromatic rings. The summed E-state index contributed by atoms with van der Waals surface area (Å²) in [5.41, 5.74) is 12.0. The Morgan fingerprint density at radius 1 is 0.420 bits per heavy atom. The fourth-order valence-corrected chi connectivity index (χ4v) is 7.34. The molecule has 0 bridgehead atoms. The number of aromatic nitrogens is 3. The summed E-state index contributed by atoms with van der Waals surface area (Å²) >= 11 is 0. The van der Waals surface area contributed by atoms with E-state index in [-0.39, 0.29) is 0 Å². The lowest BCUT2D eigenvalue weighted by Crippen LogP contribution is -1.96. The highest BCUT2D eigenvalue weighted by Gasteiger charge is 2.20. The minimum Gasteiger partial charge on any atom is -0.455 e. The van der Waals surface area contributed by atoms with E-state index in [1.807, 2.05) is 36.4 Å². The van der Waals surface area contributed by atoms with Crippen LogP contribution in [0.15, 0.2) is 180 Å². The van der Waals surface area contributed by atoms with Crippen LogP contribution in [0.25, 0.3) is 94.5 Å². The van der Waals surface area contributed by atoms with Crippen LogP contribution in [0.3, 0.4) is 0 Å². The van der Waals surface area contributed by atoms with Crippen LogP contribution >= 0.6 is 0 Å². The molecule has 4 nitrogen and oxygen atoms in total. The second-order valence-electron chi connectivity index (χ2n) is 12.6. The molecule has 3 aromatic heterocycles. The average molecular weight is 640 g/mol. The van der Waals surface area contributed by atoms with Gasteiger partial charge in [-0.05, 0) is 53.6 Å². The Labute approximate surface area is 288 Å². The molecule has 0 N–H and O–H groups in total. The first-order valence-corrected chi connectivity index (χ1v) is 16.8. The Bertz CT molecular complexity index is 2800. The molecule has 0 spiro atoms. The van der Waals surface area contributed by atoms with Gasteiger partial charge in [0.25, 0.3) is 0 Å². The Balaban J connectivity index is 1.19. The van der Waals surface area contributed by atoms with Crippen molar-refractivity contribution in [1.29, 1.82) is 0 Å². The van der Waals surface area contributed by atoms with Crippen LogP contribution in [-0.4, -0.2) is 14.5 Å². The predicted molar refractivity (Wildman–Crippen MR) is 205 cm³/mol. The molecule has 0 saturated carbocycles. The number of benzene rings is 7. The summed E-state index contributed by atoms with van der Waals surface area (Å²) in [6, 6.07) is 61.3. The molecule has 50 heavy (non-hydrogen) atoms. The van der Waals surface area contributed by atoms with Gasteiger partial charge in [0.2, 0.25) is 0 Å². The highest BCUT2D eigenvalue weighted by Crippen LogP contribution is 2.42. The van der Waals surface area contributed by atoms with Crippen LogP contribution in [0.2, 0.25) is 0 Å². The van der Waals surface area contributed by atoms with Crippen molar-refractivity contribution in [3.63, 3.8) is 0 Å². The van der Waals surface area contributed by atoms with Gasteiger partial charge in [-0.3, -0.25) is 0 Å². The topological polar surface area (TPSA) is 43.9 Å². The number of rotatable bonds is 5. The zero-order chi connectivity index (χ0) is 33.0. The monoisotopic (exact) mass is 639 g/mol. The third-order valence-corrected chi connectivity index (χ3v) is 9.63. The number of hydrogen-bond acceptors (Lipinski definition) is 3. The van der Waals surface area contributed by atoms with E-state index in [0.29, 0.717) is 5.82 Å². The van der Waals surface area contributed by atoms with E-state index in [9.17, 15) is 0 Å². The van der Waals surface area contributed by atoms with Crippen LogP contribution in [0, 0.1) is 0 Å². The molecule has 3 heterocycles. The highest BCUT2D eigenvalue weighted by atomic mass is 16.3. The lowest BCUT2D eigenvalue weighted by molar-refractivity contribution is 0.669. The fraction of sp³-hybridized carbons (Fsp3) is 0. The molecule has 234 valence electrons. The summed E-state index contributed by atoms with van der Waals surface area (Å²) in [6.07, 6.45) is 0. The van der Waals surface area contributed by atoms with Crippen molar-refractivity contribution in [2.45, 2.75) is 0 Å². The lowest BCUT2D eigenvalue weighted by atomic mass is 9.97. The van der Waals surface area contributed by atoms with Crippen LogP contribution < -0.4 is 0 Å². The normalized spacial score (nSPS) is 11.6. The zero-order valence-electron chi connectivity index (χ0n) is 27.0. The molecular formula is C46H29N3O. The van der Waals surface area contributed by atoms with Gasteiger partial charge in [0.1, 0.15) is 11.2 Å². The summed E-state index contributed by atoms with van der Waals surface area (Å²) in [5, 5.41) is 4.58. The Hall–Kier alpha value is -6.78. The quantitative estimate of drug-likeness (QED) is 0.188. The Kier molecular flexibility index (Phi) is 6.46. The first-order chi connectivity index (χ1) is 24.8. The first kappa shape index (κ1) is 28.3. The van der Waals surface area contributed by atoms with Crippen LogP contribution in [0.4, 0.5) is 0 Å². The minimum absolute atomic E-state index is 0.630. The molecule has 0 atom stereocenters. The van der Waals surface area contributed by atoms with Gasteiger partial charge in [-0.25, -0.2) is 9.97 Å². The Morgan fingerprint density at radius 3 is 1.76 bits per heavy atom. The van der Waals surface area contributed by atoms with Gasteiger partial charge in [0.05, 0.1) is 28.0 Å². The molecule has 0 radical (unpaired) electrons. The molecule has 0 amide bonds. The van der Waals surface area contributed by atoms with Gasteiger partial charge in [-0.2, -0.15) is 0 Å². The maximum atomic E-state index is 6.73. The van der Waals surface area contributed by atoms with Crippen molar-refractivity contribution in [3.8, 4) is 50.7 Å². The van der Waals surface area contributed by atoms with E-state index in [2.05, 4.69) is 144 Å². The summed E-state index contributed by atoms with van der Waals surface area (Å²) < 4.78 is 9.10. The summed E-state index contributed by atoms with van der Waals surface area (Å²) in [6.45, 7) is 0. The molecule has 4 heteroatoms. The van der Waals surface area contributed by atoms with E-state index in [4.69, 9.17) is 14.4 Å². The van der Waals surface area contributed by atoms with Crippen LogP contribution in [-0.2, 0) is 0 Å². The van der Waals surface area contributed by atoms with E-state index in [0.717, 1.165) is 66.8 Å². The van der Waals surface area contributed by atoms with Crippen molar-refractivity contribution < 1.29 is 4.42 Å². The molecule has 10 rings (SSSR count). The number of furan rings is 1. The minimum atomic E-state index is 0.630. The van der Waals surface area contributed by atoms with Gasteiger partial charge in [0.15, 0.2) is 5.82 Å². The average Bonchev–Trinajstić information content (AvgIpc) is 3.74. The molecule has 0 fully saturated rings. The van der Waals surface area contributed by atoms with E-state index < -0.39 is 0 Å². The fourth-order valence-electron chi connectivity index (χ4n) is 7.34. The van der Waals surface area contributed by atoms with E-state index in [1.54, 1.807) is 0 Å². The highest BCUT2D eigenvalue weighted by molar-refractivity contribution is 6.16. The van der Waals surface area contributed by atoms with Crippen LogP contribution in [0.5, 0.6) is 0 Å². The van der Waals surface area contributed by atoms with Gasteiger partial charge in [0, 0.05) is 38.4 Å². The standard InChI is InChI=1S/C46H29N3O/c1-4-14-30(15-5-1)39-29-40(31-16-6-2-7-17-31)48-46(47-39)38-23-12-22-37-44-34(21-13-25-43(44)50-45(37)38)32-26-27-36-35-20-10-11-24-41(35)49(42(36)28-32)33-18-8-3-9-19-33/h1-29H. The van der Waals surface area contributed by atoms with Crippen LogP contribution in [0.1, 0.15) is 0 Å². The third kappa shape index (κ3) is 4.54. The van der Waals surface area contributed by atoms with Gasteiger partial charge in [-0.1, -0.05) is 133 Å². The van der Waals surface area contributed by atoms with Crippen molar-refractivity contribution in [2.75, 3.05) is 0 Å². The Morgan fingerprint density at radius 2 is 1.02 bits per heavy atom. The second-order valence-corrected chi connectivity index (χ2v) is 12.6. The van der Waals surface area contributed by atoms with Crippen molar-refractivity contribution in [1.82, 2.24) is 14.5 Å².